The fourth-order valence-electron chi connectivity index (χ4n) is 2.87. The largest absolute Gasteiger partial charge is 0.469 e. The average Bonchev–Trinajstić information content (AvgIpc) is 3.03. The number of nitrogens with one attached hydrogen (secondary N) is 2. The summed E-state index contributed by atoms with van der Waals surface area (Å²) in [5.41, 5.74) is 9.87. The van der Waals surface area contributed by atoms with Gasteiger partial charge in [-0.2, -0.15) is 0 Å². The van der Waals surface area contributed by atoms with Gasteiger partial charge >= 0.3 is 5.97 Å². The van der Waals surface area contributed by atoms with Gasteiger partial charge in [0.2, 0.25) is 0 Å². The van der Waals surface area contributed by atoms with Crippen molar-refractivity contribution in [2.75, 3.05) is 13.7 Å². The molecule has 0 radical (unpaired) electrons. The highest BCUT2D eigenvalue weighted by molar-refractivity contribution is 5.96. The number of aromatic nitrogens is 2. The molecule has 3 rings (SSSR count). The fraction of sp³-hybridized carbons (Fsp3) is 0.200. The van der Waals surface area contributed by atoms with Gasteiger partial charge in [0.05, 0.1) is 19.2 Å². The predicted molar refractivity (Wildman–Crippen MR) is 105 cm³/mol. The maximum Gasteiger partial charge on any atom is 0.307 e. The number of amidine groups is 1. The molecule has 2 aromatic heterocycles. The van der Waals surface area contributed by atoms with Crippen LogP contribution < -0.4 is 11.1 Å². The van der Waals surface area contributed by atoms with E-state index in [2.05, 4.69) is 15.0 Å². The molecule has 0 saturated heterocycles. The topological polar surface area (TPSA) is 123 Å². The number of imidazole rings is 1. The molecular formula is C20H21N5O3. The van der Waals surface area contributed by atoms with E-state index in [0.29, 0.717) is 16.8 Å². The fourth-order valence-corrected chi connectivity index (χ4v) is 2.87. The number of fused-ring (bicyclic) bond motifs is 1. The van der Waals surface area contributed by atoms with Gasteiger partial charge in [0.1, 0.15) is 11.5 Å². The van der Waals surface area contributed by atoms with Crippen LogP contribution in [-0.2, 0) is 9.53 Å². The first kappa shape index (κ1) is 19.1. The molecule has 0 aliphatic rings. The number of ether oxygens (including phenoxy) is 1. The lowest BCUT2D eigenvalue weighted by molar-refractivity contribution is -0.140. The first-order valence-corrected chi connectivity index (χ1v) is 8.69. The first-order chi connectivity index (χ1) is 13.4. The molecule has 3 aromatic rings. The molecule has 0 spiro atoms. The quantitative estimate of drug-likeness (QED) is 0.343. The number of rotatable bonds is 6. The second-order valence-corrected chi connectivity index (χ2v) is 6.26. The lowest BCUT2D eigenvalue weighted by Gasteiger charge is -2.05. The third kappa shape index (κ3) is 3.85. The van der Waals surface area contributed by atoms with E-state index < -0.39 is 0 Å². The number of hydrogen-bond donors (Lipinski definition) is 3. The molecule has 1 amide bonds. The third-order valence-corrected chi connectivity index (χ3v) is 4.44. The molecular weight excluding hydrogens is 358 g/mol. The highest BCUT2D eigenvalue weighted by atomic mass is 16.5. The summed E-state index contributed by atoms with van der Waals surface area (Å²) in [6.45, 7) is 2.15. The highest BCUT2D eigenvalue weighted by Crippen LogP contribution is 2.24. The van der Waals surface area contributed by atoms with E-state index in [1.165, 1.54) is 7.11 Å². The van der Waals surface area contributed by atoms with Gasteiger partial charge in [-0.05, 0) is 19.1 Å². The van der Waals surface area contributed by atoms with Crippen molar-refractivity contribution in [3.05, 3.63) is 59.4 Å². The van der Waals surface area contributed by atoms with Crippen molar-refractivity contribution < 1.29 is 14.3 Å². The van der Waals surface area contributed by atoms with Crippen molar-refractivity contribution in [2.45, 2.75) is 13.3 Å². The van der Waals surface area contributed by atoms with Gasteiger partial charge in [-0.1, -0.05) is 24.3 Å². The van der Waals surface area contributed by atoms with Crippen molar-refractivity contribution in [3.63, 3.8) is 0 Å². The lowest BCUT2D eigenvalue weighted by atomic mass is 10.1. The van der Waals surface area contributed by atoms with Gasteiger partial charge in [-0.3, -0.25) is 15.0 Å². The highest BCUT2D eigenvalue weighted by Gasteiger charge is 2.13. The molecule has 8 heteroatoms. The molecule has 0 saturated carbocycles. The summed E-state index contributed by atoms with van der Waals surface area (Å²) in [5, 5.41) is 10.2. The number of methoxy groups -OCH3 is 1. The predicted octanol–water partition coefficient (Wildman–Crippen LogP) is 1.89. The molecule has 0 atom stereocenters. The molecule has 0 fully saturated rings. The van der Waals surface area contributed by atoms with E-state index in [0.717, 1.165) is 17.0 Å². The Bertz CT molecular complexity index is 1050. The van der Waals surface area contributed by atoms with E-state index in [1.54, 1.807) is 30.5 Å². The number of carbonyl (C=O) groups is 2. The Labute approximate surface area is 161 Å². The SMILES string of the molecule is COC(=O)CCNC(=O)c1ccn2c(C)c(-c3ccc(C(=N)N)cc3)nc2c1. The van der Waals surface area contributed by atoms with Crippen molar-refractivity contribution in [1.29, 1.82) is 5.41 Å². The Morgan fingerprint density at radius 3 is 2.57 bits per heavy atom. The van der Waals surface area contributed by atoms with Crippen molar-refractivity contribution in [2.24, 2.45) is 5.73 Å². The standard InChI is InChI=1S/C20H21N5O3/c1-12-18(13-3-5-14(6-4-13)19(21)22)24-16-11-15(8-10-25(12)16)20(27)23-9-7-17(26)28-2/h3-6,8,10-11H,7,9H2,1-2H3,(H3,21,22)(H,23,27). The molecule has 0 aliphatic heterocycles. The van der Waals surface area contributed by atoms with Gasteiger partial charge < -0.3 is 20.2 Å². The summed E-state index contributed by atoms with van der Waals surface area (Å²) in [6, 6.07) is 10.7. The number of amides is 1. The molecule has 2 heterocycles. The average molecular weight is 379 g/mol. The Kier molecular flexibility index (Phi) is 5.39. The summed E-state index contributed by atoms with van der Waals surface area (Å²) < 4.78 is 6.45. The summed E-state index contributed by atoms with van der Waals surface area (Å²) in [6.07, 6.45) is 1.91. The number of carbonyl (C=O) groups excluding carboxylic acids is 2. The van der Waals surface area contributed by atoms with Crippen molar-refractivity contribution >= 4 is 23.4 Å². The van der Waals surface area contributed by atoms with Gasteiger partial charge in [0.25, 0.3) is 5.91 Å². The second-order valence-electron chi connectivity index (χ2n) is 6.26. The van der Waals surface area contributed by atoms with Gasteiger partial charge in [-0.15, -0.1) is 0 Å². The number of nitrogens with zero attached hydrogens (tertiary/aromatic N) is 2. The minimum atomic E-state index is -0.375. The molecule has 28 heavy (non-hydrogen) atoms. The van der Waals surface area contributed by atoms with Crippen LogP contribution in [0.3, 0.4) is 0 Å². The van der Waals surface area contributed by atoms with Crippen LogP contribution in [-0.4, -0.2) is 40.8 Å². The van der Waals surface area contributed by atoms with Crippen LogP contribution in [0.25, 0.3) is 16.9 Å². The molecule has 0 bridgehead atoms. The minimum Gasteiger partial charge on any atom is -0.469 e. The summed E-state index contributed by atoms with van der Waals surface area (Å²) in [5.74, 6) is -0.638. The Morgan fingerprint density at radius 1 is 1.21 bits per heavy atom. The zero-order valence-electron chi connectivity index (χ0n) is 15.7. The Balaban J connectivity index is 1.84. The third-order valence-electron chi connectivity index (χ3n) is 4.44. The van der Waals surface area contributed by atoms with Crippen LogP contribution in [0.2, 0.25) is 0 Å². The van der Waals surface area contributed by atoms with Gasteiger partial charge in [0.15, 0.2) is 0 Å². The van der Waals surface area contributed by atoms with Gasteiger partial charge in [0, 0.05) is 35.1 Å². The van der Waals surface area contributed by atoms with Gasteiger partial charge in [-0.25, -0.2) is 4.98 Å². The van der Waals surface area contributed by atoms with Crippen LogP contribution in [0.4, 0.5) is 0 Å². The number of benzene rings is 1. The maximum absolute atomic E-state index is 12.3. The van der Waals surface area contributed by atoms with E-state index in [4.69, 9.17) is 11.1 Å². The number of nitrogens with two attached hydrogens (primary N) is 1. The summed E-state index contributed by atoms with van der Waals surface area (Å²) >= 11 is 0. The minimum absolute atomic E-state index is 0.0149. The second kappa shape index (κ2) is 7.91. The van der Waals surface area contributed by atoms with Crippen molar-refractivity contribution in [3.8, 4) is 11.3 Å². The molecule has 4 N–H and O–H groups in total. The molecule has 0 unspecified atom stereocenters. The van der Waals surface area contributed by atoms with E-state index in [9.17, 15) is 9.59 Å². The Morgan fingerprint density at radius 2 is 1.93 bits per heavy atom. The van der Waals surface area contributed by atoms with Crippen LogP contribution in [0.5, 0.6) is 0 Å². The molecule has 1 aromatic carbocycles. The monoisotopic (exact) mass is 379 g/mol. The zero-order chi connectivity index (χ0) is 20.3. The van der Waals surface area contributed by atoms with Crippen LogP contribution in [0.1, 0.15) is 28.0 Å². The van der Waals surface area contributed by atoms with Crippen LogP contribution >= 0.6 is 0 Å². The smallest absolute Gasteiger partial charge is 0.307 e. The van der Waals surface area contributed by atoms with Crippen LogP contribution in [0.15, 0.2) is 42.6 Å². The normalized spacial score (nSPS) is 10.6. The zero-order valence-corrected chi connectivity index (χ0v) is 15.7. The molecule has 144 valence electrons. The number of pyridine rings is 1. The van der Waals surface area contributed by atoms with Crippen LogP contribution in [0, 0.1) is 12.3 Å². The maximum atomic E-state index is 12.3. The summed E-state index contributed by atoms with van der Waals surface area (Å²) in [4.78, 5) is 28.1. The molecule has 0 aliphatic carbocycles. The Hall–Kier alpha value is -3.68. The number of nitrogen functional groups attached to an aromatic ring is 1. The van der Waals surface area contributed by atoms with Crippen molar-refractivity contribution in [1.82, 2.24) is 14.7 Å². The lowest BCUT2D eigenvalue weighted by Crippen LogP contribution is -2.26. The van der Waals surface area contributed by atoms with E-state index in [1.807, 2.05) is 23.5 Å². The number of esters is 1. The number of hydrogen-bond acceptors (Lipinski definition) is 5. The first-order valence-electron chi connectivity index (χ1n) is 8.69. The summed E-state index contributed by atoms with van der Waals surface area (Å²) in [7, 11) is 1.31. The van der Waals surface area contributed by atoms with E-state index in [-0.39, 0.29) is 30.7 Å². The van der Waals surface area contributed by atoms with E-state index >= 15 is 0 Å². The molecule has 8 nitrogen and oxygen atoms in total. The number of aryl methyl sites for hydroxylation is 1.